The van der Waals surface area contributed by atoms with Gasteiger partial charge >= 0.3 is 0 Å². The Labute approximate surface area is 184 Å². The van der Waals surface area contributed by atoms with Crippen molar-refractivity contribution in [2.75, 3.05) is 21.3 Å². The number of hydrogen-bond acceptors (Lipinski definition) is 6. The first-order chi connectivity index (χ1) is 15.0. The quantitative estimate of drug-likeness (QED) is 0.639. The van der Waals surface area contributed by atoms with Crippen molar-refractivity contribution in [2.24, 2.45) is 0 Å². The van der Waals surface area contributed by atoms with Gasteiger partial charge in [-0.15, -0.1) is 11.3 Å². The number of nitrogens with zero attached hydrogens (tertiary/aromatic N) is 2. The average Bonchev–Trinajstić information content (AvgIpc) is 3.34. The number of rotatable bonds is 6. The van der Waals surface area contributed by atoms with E-state index < -0.39 is 12.0 Å². The lowest BCUT2D eigenvalue weighted by Crippen LogP contribution is -2.45. The predicted molar refractivity (Wildman–Crippen MR) is 118 cm³/mol. The molecule has 2 amide bonds. The maximum absolute atomic E-state index is 13.5. The van der Waals surface area contributed by atoms with Gasteiger partial charge in [-0.3, -0.25) is 14.6 Å². The molecule has 31 heavy (non-hydrogen) atoms. The van der Waals surface area contributed by atoms with Crippen LogP contribution in [0, 0.1) is 0 Å². The van der Waals surface area contributed by atoms with Crippen LogP contribution in [0.1, 0.15) is 38.3 Å². The average molecular weight is 438 g/mol. The lowest BCUT2D eigenvalue weighted by molar-refractivity contribution is -0.124. The normalized spacial score (nSPS) is 17.8. The van der Waals surface area contributed by atoms with Crippen molar-refractivity contribution in [3.05, 3.63) is 75.7 Å². The second-order valence-corrected chi connectivity index (χ2v) is 8.21. The first-order valence-corrected chi connectivity index (χ1v) is 10.7. The summed E-state index contributed by atoms with van der Waals surface area (Å²) in [5.74, 6) is -0.00533. The second-order valence-electron chi connectivity index (χ2n) is 7.23. The largest absolute Gasteiger partial charge is 0.493 e. The molecular formula is C23H23N3O4S. The van der Waals surface area contributed by atoms with Crippen molar-refractivity contribution in [2.45, 2.75) is 18.5 Å². The Morgan fingerprint density at radius 3 is 2.61 bits per heavy atom. The summed E-state index contributed by atoms with van der Waals surface area (Å²) in [4.78, 5) is 33.4. The molecule has 0 bridgehead atoms. The van der Waals surface area contributed by atoms with E-state index in [1.54, 1.807) is 36.5 Å². The molecule has 0 saturated carbocycles. The van der Waals surface area contributed by atoms with Crippen molar-refractivity contribution < 1.29 is 19.1 Å². The molecule has 8 heteroatoms. The number of carbonyl (C=O) groups excluding carboxylic acids is 2. The fourth-order valence-corrected chi connectivity index (χ4v) is 4.85. The highest BCUT2D eigenvalue weighted by Gasteiger charge is 2.44. The van der Waals surface area contributed by atoms with Crippen LogP contribution in [0.25, 0.3) is 0 Å². The standard InChI is InChI=1S/C23H23N3O4S/c1-26-21(19-7-5-9-31-19)20(22(27)25-13-14-6-4-8-24-12-14)15-10-17(29-2)18(30-3)11-16(15)23(26)28/h4-12,20-21H,13H2,1-3H3,(H,25,27)/t20-,21-/m1/s1. The molecular weight excluding hydrogens is 414 g/mol. The zero-order chi connectivity index (χ0) is 22.0. The van der Waals surface area contributed by atoms with Gasteiger partial charge in [0.2, 0.25) is 5.91 Å². The zero-order valence-corrected chi connectivity index (χ0v) is 18.3. The third kappa shape index (κ3) is 3.86. The Morgan fingerprint density at radius 2 is 1.97 bits per heavy atom. The molecule has 0 unspecified atom stereocenters. The van der Waals surface area contributed by atoms with Crippen LogP contribution in [-0.2, 0) is 11.3 Å². The summed E-state index contributed by atoms with van der Waals surface area (Å²) in [7, 11) is 4.79. The number of carbonyl (C=O) groups is 2. The number of methoxy groups -OCH3 is 2. The lowest BCUT2D eigenvalue weighted by Gasteiger charge is -2.39. The molecule has 3 heterocycles. The molecule has 4 rings (SSSR count). The number of hydrogen-bond donors (Lipinski definition) is 1. The Kier molecular flexibility index (Phi) is 5.90. The number of aromatic nitrogens is 1. The summed E-state index contributed by atoms with van der Waals surface area (Å²) in [6, 6.07) is 10.6. The van der Waals surface area contributed by atoms with E-state index in [1.165, 1.54) is 25.6 Å². The second kappa shape index (κ2) is 8.77. The minimum atomic E-state index is -0.604. The number of fused-ring (bicyclic) bond motifs is 1. The molecule has 7 nitrogen and oxygen atoms in total. The molecule has 1 aromatic carbocycles. The highest BCUT2D eigenvalue weighted by molar-refractivity contribution is 7.10. The van der Waals surface area contributed by atoms with Crippen LogP contribution < -0.4 is 14.8 Å². The number of nitrogens with one attached hydrogen (secondary N) is 1. The van der Waals surface area contributed by atoms with E-state index in [2.05, 4.69) is 10.3 Å². The van der Waals surface area contributed by atoms with Crippen LogP contribution in [0.4, 0.5) is 0 Å². The van der Waals surface area contributed by atoms with Crippen LogP contribution >= 0.6 is 11.3 Å². The Morgan fingerprint density at radius 1 is 1.19 bits per heavy atom. The maximum atomic E-state index is 13.5. The molecule has 0 spiro atoms. The number of likely N-dealkylation sites (N-methyl/N-ethyl adjacent to an activating group) is 1. The fourth-order valence-electron chi connectivity index (χ4n) is 3.95. The molecule has 2 aromatic heterocycles. The zero-order valence-electron chi connectivity index (χ0n) is 17.5. The van der Waals surface area contributed by atoms with Crippen molar-refractivity contribution in [3.8, 4) is 11.5 Å². The number of pyridine rings is 1. The van der Waals surface area contributed by atoms with Gasteiger partial charge in [-0.2, -0.15) is 0 Å². The molecule has 0 fully saturated rings. The lowest BCUT2D eigenvalue weighted by atomic mass is 9.81. The molecule has 1 N–H and O–H groups in total. The third-order valence-electron chi connectivity index (χ3n) is 5.48. The number of amides is 2. The molecule has 3 aromatic rings. The topological polar surface area (TPSA) is 80.8 Å². The van der Waals surface area contributed by atoms with E-state index in [0.717, 1.165) is 10.4 Å². The fraction of sp³-hybridized carbons (Fsp3) is 0.261. The predicted octanol–water partition coefficient (Wildman–Crippen LogP) is 3.39. The van der Waals surface area contributed by atoms with Gasteiger partial charge in [-0.25, -0.2) is 0 Å². The van der Waals surface area contributed by atoms with E-state index in [4.69, 9.17) is 9.47 Å². The van der Waals surface area contributed by atoms with Crippen molar-refractivity contribution in [3.63, 3.8) is 0 Å². The van der Waals surface area contributed by atoms with Crippen LogP contribution in [0.15, 0.2) is 54.2 Å². The molecule has 2 atom stereocenters. The molecule has 0 saturated heterocycles. The Balaban J connectivity index is 1.79. The summed E-state index contributed by atoms with van der Waals surface area (Å²) in [5, 5.41) is 4.97. The molecule has 160 valence electrons. The number of benzene rings is 1. The van der Waals surface area contributed by atoms with Crippen molar-refractivity contribution in [1.29, 1.82) is 0 Å². The van der Waals surface area contributed by atoms with Gasteiger partial charge in [0, 0.05) is 36.4 Å². The highest BCUT2D eigenvalue weighted by Crippen LogP contribution is 2.46. The van der Waals surface area contributed by atoms with Crippen molar-refractivity contribution >= 4 is 23.2 Å². The molecule has 1 aliphatic heterocycles. The summed E-state index contributed by atoms with van der Waals surface area (Å²) >= 11 is 1.52. The van der Waals surface area contributed by atoms with Crippen LogP contribution in [0.3, 0.4) is 0 Å². The van der Waals surface area contributed by atoms with Crippen LogP contribution in [0.5, 0.6) is 11.5 Å². The first kappa shape index (κ1) is 20.9. The Bertz CT molecular complexity index is 1090. The molecule has 1 aliphatic rings. The number of thiophene rings is 1. The highest BCUT2D eigenvalue weighted by atomic mass is 32.1. The Hall–Kier alpha value is -3.39. The minimum Gasteiger partial charge on any atom is -0.493 e. The van der Waals surface area contributed by atoms with E-state index in [-0.39, 0.29) is 11.8 Å². The molecule has 0 radical (unpaired) electrons. The third-order valence-corrected chi connectivity index (χ3v) is 6.42. The van der Waals surface area contributed by atoms with Gasteiger partial charge in [-0.1, -0.05) is 12.1 Å². The molecule has 0 aliphatic carbocycles. The van der Waals surface area contributed by atoms with E-state index >= 15 is 0 Å². The van der Waals surface area contributed by atoms with Gasteiger partial charge in [0.25, 0.3) is 5.91 Å². The van der Waals surface area contributed by atoms with Gasteiger partial charge in [0.05, 0.1) is 26.2 Å². The summed E-state index contributed by atoms with van der Waals surface area (Å²) in [5.41, 5.74) is 1.97. The van der Waals surface area contributed by atoms with Crippen LogP contribution in [-0.4, -0.2) is 43.0 Å². The monoisotopic (exact) mass is 437 g/mol. The van der Waals surface area contributed by atoms with Crippen LogP contribution in [0.2, 0.25) is 0 Å². The van der Waals surface area contributed by atoms with Gasteiger partial charge in [0.1, 0.15) is 0 Å². The van der Waals surface area contributed by atoms with Gasteiger partial charge in [-0.05, 0) is 40.8 Å². The van der Waals surface area contributed by atoms with Gasteiger partial charge < -0.3 is 19.7 Å². The smallest absolute Gasteiger partial charge is 0.254 e. The van der Waals surface area contributed by atoms with E-state index in [1.807, 2.05) is 29.6 Å². The van der Waals surface area contributed by atoms with Gasteiger partial charge in [0.15, 0.2) is 11.5 Å². The first-order valence-electron chi connectivity index (χ1n) is 9.78. The summed E-state index contributed by atoms with van der Waals surface area (Å²) in [6.07, 6.45) is 3.41. The number of ether oxygens (including phenoxy) is 2. The maximum Gasteiger partial charge on any atom is 0.254 e. The summed E-state index contributed by atoms with van der Waals surface area (Å²) < 4.78 is 10.8. The van der Waals surface area contributed by atoms with Crippen molar-refractivity contribution in [1.82, 2.24) is 15.2 Å². The minimum absolute atomic E-state index is 0.161. The SMILES string of the molecule is COc1cc2c(cc1OC)[C@@H](C(=O)NCc1cccnc1)[C@@H](c1cccs1)N(C)C2=O. The van der Waals surface area contributed by atoms with E-state index in [9.17, 15) is 9.59 Å². The van der Waals surface area contributed by atoms with E-state index in [0.29, 0.717) is 29.2 Å². The summed E-state index contributed by atoms with van der Waals surface area (Å²) in [6.45, 7) is 0.348.